The Morgan fingerprint density at radius 2 is 1.93 bits per heavy atom. The second-order valence-electron chi connectivity index (χ2n) is 7.62. The number of piperidine rings is 1. The summed E-state index contributed by atoms with van der Waals surface area (Å²) in [6.45, 7) is 3.13. The Hall–Kier alpha value is -2.64. The van der Waals surface area contributed by atoms with Crippen molar-refractivity contribution in [3.8, 4) is 0 Å². The molecule has 0 spiro atoms. The molecular formula is C22H26ClFN4O2. The Morgan fingerprint density at radius 3 is 2.77 bits per heavy atom. The van der Waals surface area contributed by atoms with Gasteiger partial charge in [0.15, 0.2) is 0 Å². The third-order valence-corrected chi connectivity index (χ3v) is 5.56. The molecule has 1 saturated heterocycles. The van der Waals surface area contributed by atoms with Crippen molar-refractivity contribution in [1.29, 1.82) is 0 Å². The number of nitrogens with one attached hydrogen (secondary N) is 3. The molecule has 3 N–H and O–H groups in total. The summed E-state index contributed by atoms with van der Waals surface area (Å²) in [6.07, 6.45) is 1.48. The van der Waals surface area contributed by atoms with Crippen LogP contribution in [0.2, 0.25) is 0 Å². The highest BCUT2D eigenvalue weighted by atomic mass is 35.5. The fourth-order valence-electron chi connectivity index (χ4n) is 3.92. The Labute approximate surface area is 181 Å². The molecule has 2 aromatic carbocycles. The van der Waals surface area contributed by atoms with Crippen LogP contribution in [-0.4, -0.2) is 29.9 Å². The highest BCUT2D eigenvalue weighted by Gasteiger charge is 2.28. The predicted octanol–water partition coefficient (Wildman–Crippen LogP) is 3.41. The van der Waals surface area contributed by atoms with Gasteiger partial charge in [-0.2, -0.15) is 0 Å². The first-order valence-corrected chi connectivity index (χ1v) is 10.00. The van der Waals surface area contributed by atoms with Gasteiger partial charge < -0.3 is 20.9 Å². The van der Waals surface area contributed by atoms with E-state index in [1.807, 2.05) is 6.07 Å². The van der Waals surface area contributed by atoms with Crippen molar-refractivity contribution < 1.29 is 14.0 Å². The molecule has 0 aliphatic carbocycles. The van der Waals surface area contributed by atoms with Gasteiger partial charge in [0.05, 0.1) is 11.6 Å². The van der Waals surface area contributed by atoms with Crippen molar-refractivity contribution in [2.24, 2.45) is 5.92 Å². The number of para-hydroxylation sites is 1. The lowest BCUT2D eigenvalue weighted by Crippen LogP contribution is -2.46. The van der Waals surface area contributed by atoms with Crippen LogP contribution >= 0.6 is 12.4 Å². The molecule has 8 heteroatoms. The van der Waals surface area contributed by atoms with Gasteiger partial charge in [-0.05, 0) is 41.7 Å². The minimum atomic E-state index is -0.475. The molecule has 2 aliphatic rings. The van der Waals surface area contributed by atoms with Gasteiger partial charge in [-0.15, -0.1) is 12.4 Å². The summed E-state index contributed by atoms with van der Waals surface area (Å²) in [7, 11) is 0. The largest absolute Gasteiger partial charge is 0.352 e. The molecule has 2 aromatic rings. The van der Waals surface area contributed by atoms with Gasteiger partial charge in [-0.1, -0.05) is 30.3 Å². The molecule has 1 atom stereocenters. The second-order valence-corrected chi connectivity index (χ2v) is 7.62. The number of fused-ring (bicyclic) bond motifs is 1. The fourth-order valence-corrected chi connectivity index (χ4v) is 3.92. The first kappa shape index (κ1) is 22.1. The number of halogens is 2. The van der Waals surface area contributed by atoms with Crippen molar-refractivity contribution in [3.63, 3.8) is 0 Å². The van der Waals surface area contributed by atoms with E-state index >= 15 is 0 Å². The lowest BCUT2D eigenvalue weighted by molar-refractivity contribution is -0.126. The van der Waals surface area contributed by atoms with E-state index in [4.69, 9.17) is 0 Å². The molecule has 0 bridgehead atoms. The lowest BCUT2D eigenvalue weighted by Gasteiger charge is -2.32. The van der Waals surface area contributed by atoms with E-state index in [9.17, 15) is 14.0 Å². The molecule has 3 amide bonds. The SMILES string of the molecule is Cl.O=C(NCc1ccc2c(c1)CNC2)C1CCCN(C(=O)Nc2ccccc2F)C1. The Balaban J connectivity index is 0.00000256. The molecule has 6 nitrogen and oxygen atoms in total. The summed E-state index contributed by atoms with van der Waals surface area (Å²) in [5.41, 5.74) is 3.82. The zero-order valence-electron chi connectivity index (χ0n) is 16.6. The minimum absolute atomic E-state index is 0. The number of carbonyl (C=O) groups is 2. The van der Waals surface area contributed by atoms with Gasteiger partial charge in [0, 0.05) is 32.7 Å². The quantitative estimate of drug-likeness (QED) is 0.693. The predicted molar refractivity (Wildman–Crippen MR) is 116 cm³/mol. The molecule has 2 heterocycles. The van der Waals surface area contributed by atoms with Gasteiger partial charge in [-0.25, -0.2) is 9.18 Å². The van der Waals surface area contributed by atoms with E-state index < -0.39 is 5.82 Å². The zero-order chi connectivity index (χ0) is 20.2. The number of likely N-dealkylation sites (tertiary alicyclic amines) is 1. The van der Waals surface area contributed by atoms with Crippen LogP contribution in [0, 0.1) is 11.7 Å². The van der Waals surface area contributed by atoms with E-state index in [-0.39, 0.29) is 36.0 Å². The number of hydrogen-bond donors (Lipinski definition) is 3. The second kappa shape index (κ2) is 9.91. The highest BCUT2D eigenvalue weighted by molar-refractivity contribution is 5.90. The lowest BCUT2D eigenvalue weighted by atomic mass is 9.97. The Kier molecular flexibility index (Phi) is 7.29. The van der Waals surface area contributed by atoms with Gasteiger partial charge in [0.25, 0.3) is 0 Å². The first-order valence-electron chi connectivity index (χ1n) is 10.00. The van der Waals surface area contributed by atoms with Crippen LogP contribution in [0.3, 0.4) is 0 Å². The Morgan fingerprint density at radius 1 is 1.13 bits per heavy atom. The van der Waals surface area contributed by atoms with Crippen LogP contribution < -0.4 is 16.0 Å². The van der Waals surface area contributed by atoms with Gasteiger partial charge in [-0.3, -0.25) is 4.79 Å². The normalized spacial score (nSPS) is 17.6. The van der Waals surface area contributed by atoms with Crippen LogP contribution in [0.15, 0.2) is 42.5 Å². The number of carbonyl (C=O) groups excluding carboxylic acids is 2. The molecule has 0 aromatic heterocycles. The van der Waals surface area contributed by atoms with Crippen LogP contribution in [0.4, 0.5) is 14.9 Å². The fraction of sp³-hybridized carbons (Fsp3) is 0.364. The smallest absolute Gasteiger partial charge is 0.321 e. The third kappa shape index (κ3) is 5.09. The number of urea groups is 1. The van der Waals surface area contributed by atoms with E-state index in [1.54, 1.807) is 17.0 Å². The van der Waals surface area contributed by atoms with E-state index in [2.05, 4.69) is 28.1 Å². The van der Waals surface area contributed by atoms with Gasteiger partial charge in [0.1, 0.15) is 5.82 Å². The van der Waals surface area contributed by atoms with Gasteiger partial charge in [0.2, 0.25) is 5.91 Å². The van der Waals surface area contributed by atoms with E-state index in [0.29, 0.717) is 19.6 Å². The van der Waals surface area contributed by atoms with E-state index in [1.165, 1.54) is 23.3 Å². The summed E-state index contributed by atoms with van der Waals surface area (Å²) < 4.78 is 13.8. The van der Waals surface area contributed by atoms with Crippen molar-refractivity contribution in [2.75, 3.05) is 18.4 Å². The van der Waals surface area contributed by atoms with Gasteiger partial charge >= 0.3 is 6.03 Å². The number of benzene rings is 2. The van der Waals surface area contributed by atoms with Crippen molar-refractivity contribution in [2.45, 2.75) is 32.5 Å². The average Bonchev–Trinajstić information content (AvgIpc) is 3.21. The highest BCUT2D eigenvalue weighted by Crippen LogP contribution is 2.20. The molecule has 0 saturated carbocycles. The zero-order valence-corrected chi connectivity index (χ0v) is 17.4. The summed E-state index contributed by atoms with van der Waals surface area (Å²) in [6, 6.07) is 12.0. The first-order chi connectivity index (χ1) is 14.1. The molecule has 4 rings (SSSR count). The molecule has 1 unspecified atom stereocenters. The molecule has 1 fully saturated rings. The number of nitrogens with zero attached hydrogens (tertiary/aromatic N) is 1. The van der Waals surface area contributed by atoms with Crippen molar-refractivity contribution in [1.82, 2.24) is 15.5 Å². The Bertz CT molecular complexity index is 924. The molecule has 2 aliphatic heterocycles. The minimum Gasteiger partial charge on any atom is -0.352 e. The number of anilines is 1. The molecular weight excluding hydrogens is 407 g/mol. The summed E-state index contributed by atoms with van der Waals surface area (Å²) >= 11 is 0. The van der Waals surface area contributed by atoms with Crippen LogP contribution in [-0.2, 0) is 24.4 Å². The average molecular weight is 433 g/mol. The standard InChI is InChI=1S/C22H25FN4O2.ClH/c23-19-5-1-2-6-20(19)26-22(29)27-9-3-4-17(14-27)21(28)25-11-15-7-8-16-12-24-13-18(16)10-15;/h1-2,5-8,10,17,24H,3-4,9,11-14H2,(H,25,28)(H,26,29);1H. The van der Waals surface area contributed by atoms with E-state index in [0.717, 1.165) is 31.5 Å². The summed E-state index contributed by atoms with van der Waals surface area (Å²) in [4.78, 5) is 26.7. The van der Waals surface area contributed by atoms with Crippen molar-refractivity contribution in [3.05, 3.63) is 65.0 Å². The molecule has 0 radical (unpaired) electrons. The van der Waals surface area contributed by atoms with Crippen LogP contribution in [0.1, 0.15) is 29.5 Å². The molecule has 160 valence electrons. The molecule has 30 heavy (non-hydrogen) atoms. The number of amides is 3. The van der Waals surface area contributed by atoms with Crippen molar-refractivity contribution >= 4 is 30.0 Å². The maximum atomic E-state index is 13.8. The number of hydrogen-bond acceptors (Lipinski definition) is 3. The van der Waals surface area contributed by atoms with Crippen LogP contribution in [0.25, 0.3) is 0 Å². The van der Waals surface area contributed by atoms with Crippen LogP contribution in [0.5, 0.6) is 0 Å². The monoisotopic (exact) mass is 432 g/mol. The number of rotatable bonds is 4. The summed E-state index contributed by atoms with van der Waals surface area (Å²) in [5, 5.41) is 8.91. The third-order valence-electron chi connectivity index (χ3n) is 5.56. The maximum Gasteiger partial charge on any atom is 0.321 e. The maximum absolute atomic E-state index is 13.8. The topological polar surface area (TPSA) is 73.5 Å². The summed E-state index contributed by atoms with van der Waals surface area (Å²) in [5.74, 6) is -0.782.